The van der Waals surface area contributed by atoms with Crippen molar-refractivity contribution in [2.45, 2.75) is 76.7 Å². The molecule has 3 heterocycles. The standard InChI is InChI=1S/C37H44N2O8/c1-25(45-26(2)41)35(42)38-22-31-5-3-4-6-33(31)28-11-13-30(14-12-28)36-46-32(21-34(47-36)29-9-7-27(24-40)8-10-29)23-39-17-15-37(16-18-39)43-19-20-44-37/h3-14,25,32,34,36,40H,15-24H2,1-2H3,(H,38,42)/t25-,32-,34+,36+/m0/s1. The maximum Gasteiger partial charge on any atom is 0.303 e. The molecule has 0 saturated carbocycles. The number of aliphatic hydroxyl groups excluding tert-OH is 1. The Morgan fingerprint density at radius 2 is 1.64 bits per heavy atom. The van der Waals surface area contributed by atoms with E-state index >= 15 is 0 Å². The SMILES string of the molecule is CC(=O)O[C@@H](C)C(=O)NCc1ccccc1-c1ccc([C@@H]2O[C@H](CN3CCC4(CC3)OCCO4)C[C@H](c3ccc(CO)cc3)O2)cc1. The summed E-state index contributed by atoms with van der Waals surface area (Å²) >= 11 is 0. The van der Waals surface area contributed by atoms with Crippen LogP contribution in [0.4, 0.5) is 0 Å². The molecule has 47 heavy (non-hydrogen) atoms. The van der Waals surface area contributed by atoms with Gasteiger partial charge in [-0.15, -0.1) is 0 Å². The van der Waals surface area contributed by atoms with Crippen molar-refractivity contribution in [2.75, 3.05) is 32.8 Å². The van der Waals surface area contributed by atoms with Gasteiger partial charge in [-0.1, -0.05) is 72.8 Å². The van der Waals surface area contributed by atoms with Gasteiger partial charge in [0.1, 0.15) is 0 Å². The second-order valence-electron chi connectivity index (χ2n) is 12.5. The Balaban J connectivity index is 1.16. The highest BCUT2D eigenvalue weighted by Crippen LogP contribution is 2.39. The highest BCUT2D eigenvalue weighted by atomic mass is 16.7. The lowest BCUT2D eigenvalue weighted by Crippen LogP contribution is -2.48. The van der Waals surface area contributed by atoms with Gasteiger partial charge in [0.05, 0.1) is 32.0 Å². The zero-order chi connectivity index (χ0) is 32.8. The number of carbonyl (C=O) groups is 2. The largest absolute Gasteiger partial charge is 0.453 e. The Morgan fingerprint density at radius 3 is 2.32 bits per heavy atom. The minimum Gasteiger partial charge on any atom is -0.453 e. The first-order valence-corrected chi connectivity index (χ1v) is 16.4. The number of amides is 1. The predicted octanol–water partition coefficient (Wildman–Crippen LogP) is 4.80. The Bertz CT molecular complexity index is 1500. The van der Waals surface area contributed by atoms with Crippen LogP contribution in [0.15, 0.2) is 72.8 Å². The minimum atomic E-state index is -0.864. The molecular formula is C37H44N2O8. The first-order valence-electron chi connectivity index (χ1n) is 16.4. The van der Waals surface area contributed by atoms with Gasteiger partial charge in [0.25, 0.3) is 5.91 Å². The first kappa shape index (κ1) is 33.3. The second-order valence-corrected chi connectivity index (χ2v) is 12.5. The van der Waals surface area contributed by atoms with E-state index in [-0.39, 0.29) is 24.7 Å². The van der Waals surface area contributed by atoms with Crippen LogP contribution >= 0.6 is 0 Å². The lowest BCUT2D eigenvalue weighted by molar-refractivity contribution is -0.255. The van der Waals surface area contributed by atoms with Crippen molar-refractivity contribution in [3.63, 3.8) is 0 Å². The molecule has 3 aromatic carbocycles. The number of benzene rings is 3. The van der Waals surface area contributed by atoms with E-state index in [1.54, 1.807) is 6.92 Å². The van der Waals surface area contributed by atoms with E-state index < -0.39 is 24.2 Å². The summed E-state index contributed by atoms with van der Waals surface area (Å²) in [4.78, 5) is 26.1. The van der Waals surface area contributed by atoms with Crippen molar-refractivity contribution in [1.82, 2.24) is 10.2 Å². The monoisotopic (exact) mass is 644 g/mol. The summed E-state index contributed by atoms with van der Waals surface area (Å²) in [5.74, 6) is -1.26. The number of aliphatic hydroxyl groups is 1. The summed E-state index contributed by atoms with van der Waals surface area (Å²) in [5.41, 5.74) is 5.76. The van der Waals surface area contributed by atoms with Gasteiger partial charge in [-0.25, -0.2) is 0 Å². The van der Waals surface area contributed by atoms with Gasteiger partial charge in [0.15, 0.2) is 18.2 Å². The summed E-state index contributed by atoms with van der Waals surface area (Å²) in [6, 6.07) is 24.0. The zero-order valence-corrected chi connectivity index (χ0v) is 27.1. The number of carbonyl (C=O) groups excluding carboxylic acids is 2. The Labute approximate surface area is 275 Å². The van der Waals surface area contributed by atoms with Crippen molar-refractivity contribution in [3.05, 3.63) is 95.1 Å². The molecule has 4 atom stereocenters. The Kier molecular flexibility index (Phi) is 10.7. The fraction of sp³-hybridized carbons (Fsp3) is 0.459. The molecule has 0 unspecified atom stereocenters. The number of hydrogen-bond acceptors (Lipinski definition) is 9. The van der Waals surface area contributed by atoms with Gasteiger partial charge in [0.2, 0.25) is 0 Å². The average Bonchev–Trinajstić information content (AvgIpc) is 3.56. The van der Waals surface area contributed by atoms with Crippen LogP contribution in [-0.4, -0.2) is 72.7 Å². The maximum absolute atomic E-state index is 12.5. The van der Waals surface area contributed by atoms with E-state index in [0.717, 1.165) is 72.3 Å². The number of likely N-dealkylation sites (tertiary alicyclic amines) is 1. The van der Waals surface area contributed by atoms with Gasteiger partial charge in [-0.05, 0) is 34.7 Å². The van der Waals surface area contributed by atoms with Crippen molar-refractivity contribution in [1.29, 1.82) is 0 Å². The van der Waals surface area contributed by atoms with Crippen molar-refractivity contribution in [2.24, 2.45) is 0 Å². The third-order valence-corrected chi connectivity index (χ3v) is 9.18. The van der Waals surface area contributed by atoms with Crippen molar-refractivity contribution >= 4 is 11.9 Å². The molecule has 0 aromatic heterocycles. The number of nitrogens with zero attached hydrogens (tertiary/aromatic N) is 1. The molecular weight excluding hydrogens is 600 g/mol. The molecule has 3 aliphatic rings. The number of piperidine rings is 1. The summed E-state index contributed by atoms with van der Waals surface area (Å²) in [7, 11) is 0. The lowest BCUT2D eigenvalue weighted by atomic mass is 9.97. The number of esters is 1. The number of hydrogen-bond donors (Lipinski definition) is 2. The van der Waals surface area contributed by atoms with E-state index in [9.17, 15) is 14.7 Å². The van der Waals surface area contributed by atoms with E-state index in [1.807, 2.05) is 72.8 Å². The molecule has 3 aromatic rings. The van der Waals surface area contributed by atoms with Gasteiger partial charge in [-0.2, -0.15) is 0 Å². The number of nitrogens with one attached hydrogen (secondary N) is 1. The van der Waals surface area contributed by atoms with Crippen molar-refractivity contribution in [3.8, 4) is 11.1 Å². The lowest BCUT2D eigenvalue weighted by Gasteiger charge is -2.41. The van der Waals surface area contributed by atoms with E-state index in [0.29, 0.717) is 19.8 Å². The molecule has 1 spiro atoms. The summed E-state index contributed by atoms with van der Waals surface area (Å²) in [6.45, 7) is 7.03. The summed E-state index contributed by atoms with van der Waals surface area (Å²) in [5, 5.41) is 12.4. The van der Waals surface area contributed by atoms with Gasteiger partial charge < -0.3 is 39.0 Å². The first-order chi connectivity index (χ1) is 22.8. The van der Waals surface area contributed by atoms with Crippen LogP contribution in [0.25, 0.3) is 11.1 Å². The average molecular weight is 645 g/mol. The molecule has 10 heteroatoms. The van der Waals surface area contributed by atoms with E-state index in [4.69, 9.17) is 23.7 Å². The van der Waals surface area contributed by atoms with Gasteiger partial charge in [-0.3, -0.25) is 9.59 Å². The van der Waals surface area contributed by atoms with Gasteiger partial charge >= 0.3 is 5.97 Å². The normalized spacial score (nSPS) is 23.3. The topological polar surface area (TPSA) is 116 Å². The van der Waals surface area contributed by atoms with Crippen molar-refractivity contribution < 1.29 is 38.4 Å². The van der Waals surface area contributed by atoms with Crippen LogP contribution in [0.5, 0.6) is 0 Å². The molecule has 1 amide bonds. The molecule has 10 nitrogen and oxygen atoms in total. The van der Waals surface area contributed by atoms with Crippen LogP contribution < -0.4 is 5.32 Å². The zero-order valence-electron chi connectivity index (χ0n) is 27.1. The number of rotatable bonds is 10. The van der Waals surface area contributed by atoms with Crippen LogP contribution in [0.2, 0.25) is 0 Å². The van der Waals surface area contributed by atoms with Crippen LogP contribution in [0.3, 0.4) is 0 Å². The molecule has 3 saturated heterocycles. The highest BCUT2D eigenvalue weighted by Gasteiger charge is 2.41. The molecule has 6 rings (SSSR count). The van der Waals surface area contributed by atoms with Crippen LogP contribution in [0, 0.1) is 0 Å². The molecule has 3 aliphatic heterocycles. The predicted molar refractivity (Wildman–Crippen MR) is 174 cm³/mol. The number of ether oxygens (including phenoxy) is 5. The fourth-order valence-corrected chi connectivity index (χ4v) is 6.59. The smallest absolute Gasteiger partial charge is 0.303 e. The third kappa shape index (κ3) is 8.27. The molecule has 0 radical (unpaired) electrons. The molecule has 0 bridgehead atoms. The van der Waals surface area contributed by atoms with Crippen LogP contribution in [-0.2, 0) is 46.4 Å². The Morgan fingerprint density at radius 1 is 0.957 bits per heavy atom. The Hall–Kier alpha value is -3.64. The highest BCUT2D eigenvalue weighted by molar-refractivity contribution is 5.83. The molecule has 3 fully saturated rings. The van der Waals surface area contributed by atoms with E-state index in [2.05, 4.69) is 10.2 Å². The minimum absolute atomic E-state index is 0.000699. The maximum atomic E-state index is 12.5. The fourth-order valence-electron chi connectivity index (χ4n) is 6.59. The summed E-state index contributed by atoms with van der Waals surface area (Å²) < 4.78 is 30.1. The van der Waals surface area contributed by atoms with E-state index in [1.165, 1.54) is 6.92 Å². The van der Waals surface area contributed by atoms with Gasteiger partial charge in [0, 0.05) is 57.9 Å². The molecule has 2 N–H and O–H groups in total. The molecule has 250 valence electrons. The quantitative estimate of drug-likeness (QED) is 0.301. The third-order valence-electron chi connectivity index (χ3n) is 9.18. The summed E-state index contributed by atoms with van der Waals surface area (Å²) in [6.07, 6.45) is 0.790. The second kappa shape index (κ2) is 15.1. The van der Waals surface area contributed by atoms with Crippen LogP contribution in [0.1, 0.15) is 67.8 Å². The molecule has 0 aliphatic carbocycles.